The van der Waals surface area contributed by atoms with Crippen molar-refractivity contribution in [1.29, 1.82) is 0 Å². The molecule has 1 aromatic heterocycles. The van der Waals surface area contributed by atoms with Gasteiger partial charge in [-0.25, -0.2) is 0 Å². The first-order chi connectivity index (χ1) is 8.72. The Bertz CT molecular complexity index is 587. The molecule has 1 aromatic carbocycles. The molecule has 92 valence electrons. The van der Waals surface area contributed by atoms with Crippen LogP contribution in [0.1, 0.15) is 28.1 Å². The number of ether oxygens (including phenoxy) is 1. The van der Waals surface area contributed by atoms with Crippen LogP contribution in [0.3, 0.4) is 0 Å². The molecule has 1 heterocycles. The Morgan fingerprint density at radius 3 is 2.83 bits per heavy atom. The largest absolute Gasteiger partial charge is 0.490 e. The monoisotopic (exact) mass is 322 g/mol. The van der Waals surface area contributed by atoms with Gasteiger partial charge in [-0.05, 0) is 47.0 Å². The highest BCUT2D eigenvalue weighted by atomic mass is 79.9. The molecule has 2 nitrogen and oxygen atoms in total. The van der Waals surface area contributed by atoms with E-state index in [2.05, 4.69) is 15.9 Å². The Morgan fingerprint density at radius 1 is 1.33 bits per heavy atom. The predicted octanol–water partition coefficient (Wildman–Crippen LogP) is 4.28. The van der Waals surface area contributed by atoms with E-state index < -0.39 is 0 Å². The zero-order chi connectivity index (χ0) is 12.5. The minimum absolute atomic E-state index is 0.0481. The van der Waals surface area contributed by atoms with Crippen LogP contribution in [0.2, 0.25) is 0 Å². The Labute approximate surface area is 118 Å². The first kappa shape index (κ1) is 11.9. The van der Waals surface area contributed by atoms with E-state index in [1.54, 1.807) is 0 Å². The first-order valence-electron chi connectivity index (χ1n) is 5.78. The maximum atomic E-state index is 12.2. The topological polar surface area (TPSA) is 26.3 Å². The molecular weight excluding hydrogens is 312 g/mol. The Balaban J connectivity index is 1.84. The summed E-state index contributed by atoms with van der Waals surface area (Å²) >= 11 is 4.81. The number of hydrogen-bond acceptors (Lipinski definition) is 3. The zero-order valence-electron chi connectivity index (χ0n) is 9.56. The van der Waals surface area contributed by atoms with Crippen LogP contribution in [0.25, 0.3) is 0 Å². The number of carbonyl (C=O) groups excluding carboxylic acids is 1. The first-order valence-corrected chi connectivity index (χ1v) is 7.45. The van der Waals surface area contributed by atoms with E-state index in [1.807, 2.05) is 35.7 Å². The summed E-state index contributed by atoms with van der Waals surface area (Å²) in [6, 6.07) is 9.28. The van der Waals surface area contributed by atoms with E-state index in [4.69, 9.17) is 4.74 Å². The second kappa shape index (κ2) is 4.86. The molecule has 0 spiro atoms. The summed E-state index contributed by atoms with van der Waals surface area (Å²) in [5.74, 6) is 0.839. The average molecular weight is 323 g/mol. The number of carbonyl (C=O) groups is 1. The summed E-state index contributed by atoms with van der Waals surface area (Å²) in [5, 5.41) is 1.91. The van der Waals surface area contributed by atoms with E-state index in [9.17, 15) is 4.79 Å². The van der Waals surface area contributed by atoms with Gasteiger partial charge in [0.2, 0.25) is 5.78 Å². The quantitative estimate of drug-likeness (QED) is 0.785. The third-order valence-electron chi connectivity index (χ3n) is 2.71. The highest BCUT2D eigenvalue weighted by Crippen LogP contribution is 2.28. The number of benzene rings is 1. The van der Waals surface area contributed by atoms with Crippen molar-refractivity contribution in [1.82, 2.24) is 0 Å². The van der Waals surface area contributed by atoms with Crippen LogP contribution in [0, 0.1) is 0 Å². The number of ketones is 1. The van der Waals surface area contributed by atoms with Gasteiger partial charge in [-0.2, -0.15) is 0 Å². The molecule has 0 atom stereocenters. The summed E-state index contributed by atoms with van der Waals surface area (Å²) < 4.78 is 6.64. The molecule has 0 aliphatic heterocycles. The minimum atomic E-state index is 0.0481. The zero-order valence-corrected chi connectivity index (χ0v) is 12.0. The van der Waals surface area contributed by atoms with Crippen LogP contribution >= 0.6 is 27.3 Å². The van der Waals surface area contributed by atoms with Gasteiger partial charge in [0.15, 0.2) is 0 Å². The fourth-order valence-corrected chi connectivity index (χ4v) is 3.05. The van der Waals surface area contributed by atoms with Gasteiger partial charge in [-0.3, -0.25) is 4.79 Å². The van der Waals surface area contributed by atoms with E-state index in [1.165, 1.54) is 11.3 Å². The molecular formula is C14H11BrO2S. The van der Waals surface area contributed by atoms with Crippen LogP contribution in [0.4, 0.5) is 0 Å². The predicted molar refractivity (Wildman–Crippen MR) is 75.5 cm³/mol. The standard InChI is InChI=1S/C14H11BrO2S/c15-10-7-13(18-8-10)14(16)9-2-1-3-12(6-9)17-11-4-5-11/h1-3,6-8,11H,4-5H2. The molecule has 0 bridgehead atoms. The van der Waals surface area contributed by atoms with Crippen molar-refractivity contribution in [3.63, 3.8) is 0 Å². The van der Waals surface area contributed by atoms with E-state index in [0.717, 1.165) is 27.9 Å². The third-order valence-corrected chi connectivity index (χ3v) is 4.40. The number of thiophene rings is 1. The van der Waals surface area contributed by atoms with Crippen LogP contribution in [-0.4, -0.2) is 11.9 Å². The van der Waals surface area contributed by atoms with Gasteiger partial charge in [-0.1, -0.05) is 12.1 Å². The van der Waals surface area contributed by atoms with Gasteiger partial charge in [0.25, 0.3) is 0 Å². The van der Waals surface area contributed by atoms with Crippen molar-refractivity contribution in [2.75, 3.05) is 0 Å². The van der Waals surface area contributed by atoms with Gasteiger partial charge in [0.1, 0.15) is 5.75 Å². The number of hydrogen-bond donors (Lipinski definition) is 0. The summed E-state index contributed by atoms with van der Waals surface area (Å²) in [7, 11) is 0. The number of rotatable bonds is 4. The van der Waals surface area contributed by atoms with Crippen LogP contribution < -0.4 is 4.74 Å². The molecule has 0 unspecified atom stereocenters. The lowest BCUT2D eigenvalue weighted by Gasteiger charge is -2.05. The van der Waals surface area contributed by atoms with Gasteiger partial charge >= 0.3 is 0 Å². The number of halogens is 1. The second-order valence-electron chi connectivity index (χ2n) is 4.30. The van der Waals surface area contributed by atoms with E-state index in [-0.39, 0.29) is 5.78 Å². The highest BCUT2D eigenvalue weighted by Gasteiger charge is 2.23. The molecule has 0 radical (unpaired) electrons. The fourth-order valence-electron chi connectivity index (χ4n) is 1.66. The molecule has 0 N–H and O–H groups in total. The third kappa shape index (κ3) is 2.65. The van der Waals surface area contributed by atoms with Crippen molar-refractivity contribution in [2.24, 2.45) is 0 Å². The normalized spacial score (nSPS) is 14.5. The highest BCUT2D eigenvalue weighted by molar-refractivity contribution is 9.10. The van der Waals surface area contributed by atoms with Crippen molar-refractivity contribution < 1.29 is 9.53 Å². The lowest BCUT2D eigenvalue weighted by atomic mass is 10.1. The molecule has 18 heavy (non-hydrogen) atoms. The molecule has 0 amide bonds. The summed E-state index contributed by atoms with van der Waals surface area (Å²) in [5.41, 5.74) is 0.683. The summed E-state index contributed by atoms with van der Waals surface area (Å²) in [6.45, 7) is 0. The van der Waals surface area contributed by atoms with Gasteiger partial charge in [-0.15, -0.1) is 11.3 Å². The molecule has 3 rings (SSSR count). The fraction of sp³-hybridized carbons (Fsp3) is 0.214. The smallest absolute Gasteiger partial charge is 0.203 e. The minimum Gasteiger partial charge on any atom is -0.490 e. The Hall–Kier alpha value is -1.13. The summed E-state index contributed by atoms with van der Waals surface area (Å²) in [6.07, 6.45) is 2.60. The summed E-state index contributed by atoms with van der Waals surface area (Å²) in [4.78, 5) is 13.0. The van der Waals surface area contributed by atoms with Gasteiger partial charge in [0.05, 0.1) is 11.0 Å². The van der Waals surface area contributed by atoms with Gasteiger partial charge < -0.3 is 4.74 Å². The SMILES string of the molecule is O=C(c1cccc(OC2CC2)c1)c1cc(Br)cs1. The molecule has 4 heteroatoms. The lowest BCUT2D eigenvalue weighted by Crippen LogP contribution is -2.01. The molecule has 1 fully saturated rings. The van der Waals surface area contributed by atoms with Crippen LogP contribution in [0.5, 0.6) is 5.75 Å². The van der Waals surface area contributed by atoms with Crippen molar-refractivity contribution >= 4 is 33.0 Å². The molecule has 1 aliphatic rings. The molecule has 1 saturated carbocycles. The maximum Gasteiger partial charge on any atom is 0.203 e. The second-order valence-corrected chi connectivity index (χ2v) is 6.13. The Kier molecular flexibility index (Phi) is 3.22. The van der Waals surface area contributed by atoms with Crippen LogP contribution in [0.15, 0.2) is 40.2 Å². The van der Waals surface area contributed by atoms with Crippen molar-refractivity contribution in [3.05, 3.63) is 50.6 Å². The van der Waals surface area contributed by atoms with Crippen molar-refractivity contribution in [2.45, 2.75) is 18.9 Å². The average Bonchev–Trinajstić information content (AvgIpc) is 3.08. The molecule has 1 aliphatic carbocycles. The van der Waals surface area contributed by atoms with Crippen molar-refractivity contribution in [3.8, 4) is 5.75 Å². The van der Waals surface area contributed by atoms with Gasteiger partial charge in [0, 0.05) is 15.4 Å². The van der Waals surface area contributed by atoms with E-state index >= 15 is 0 Å². The lowest BCUT2D eigenvalue weighted by molar-refractivity contribution is 0.104. The Morgan fingerprint density at radius 2 is 2.17 bits per heavy atom. The molecule has 2 aromatic rings. The maximum absolute atomic E-state index is 12.2. The molecule has 0 saturated heterocycles. The van der Waals surface area contributed by atoms with E-state index in [0.29, 0.717) is 11.7 Å². The van der Waals surface area contributed by atoms with Crippen LogP contribution in [-0.2, 0) is 0 Å².